The molecule has 0 fully saturated rings. The fourth-order valence-electron chi connectivity index (χ4n) is 7.57. The molecule has 4 aromatic carbocycles. The Morgan fingerprint density at radius 2 is 0.492 bits per heavy atom. The van der Waals surface area contributed by atoms with Crippen LogP contribution in [0.25, 0.3) is 90.9 Å². The second-order valence-electron chi connectivity index (χ2n) is 14.4. The number of benzene rings is 4. The van der Waals surface area contributed by atoms with Gasteiger partial charge in [0.1, 0.15) is 40.5 Å². The van der Waals surface area contributed by atoms with Gasteiger partial charge in [-0.15, -0.1) is 0 Å². The summed E-state index contributed by atoms with van der Waals surface area (Å²) in [7, 11) is -19.2. The van der Waals surface area contributed by atoms with E-state index in [2.05, 4.69) is 9.97 Å². The van der Waals surface area contributed by atoms with Gasteiger partial charge >= 0.3 is 16.8 Å². The average molecular weight is 990 g/mol. The van der Waals surface area contributed by atoms with Crippen LogP contribution in [0.2, 0.25) is 0 Å². The third kappa shape index (κ3) is 8.89. The maximum absolute atomic E-state index is 11.9. The quantitative estimate of drug-likeness (QED) is 0.146. The van der Waals surface area contributed by atoms with Gasteiger partial charge in [-0.3, -0.25) is 0 Å². The fraction of sp³-hybridized carbons (Fsp3) is 0. The molecule has 65 heavy (non-hydrogen) atoms. The van der Waals surface area contributed by atoms with Crippen molar-refractivity contribution in [2.24, 2.45) is 0 Å². The van der Waals surface area contributed by atoms with Gasteiger partial charge < -0.3 is 28.2 Å². The van der Waals surface area contributed by atoms with Crippen LogP contribution in [0.3, 0.4) is 0 Å². The standard InChI is InChI=1S/C44H30N4O12S4.Co/c49-61(50,51)29-9-1-25(2-10-29)41-33-17-19-35(45-33)42(26-3-11-30(12-4-26)62(52,53)54)37-21-23-39(47-37)44(28-7-15-32(16-8-28)64(58,59)60)40-24-22-38(48-40)43(36-20-18-34(41)46-36)27-5-13-31(14-6-27)63(55,56)57;/h1-24,45,48H,(H,49,50,51)(H,52,53,54)(H,55,56,57)(H,58,59,60);/q;+4/p-4. The summed E-state index contributed by atoms with van der Waals surface area (Å²) in [4.78, 5) is 15.0. The minimum atomic E-state index is -4.81. The molecule has 8 bridgehead atoms. The number of nitrogens with one attached hydrogen (secondary N) is 2. The number of aromatic amines is 2. The molecule has 3 aromatic heterocycles. The Morgan fingerprint density at radius 3 is 0.662 bits per heavy atom. The molecule has 7 aromatic rings. The summed E-state index contributed by atoms with van der Waals surface area (Å²) in [5, 5.41) is 0. The van der Waals surface area contributed by atoms with Gasteiger partial charge in [0.15, 0.2) is 0 Å². The van der Waals surface area contributed by atoms with Gasteiger partial charge in [-0.05, 0) is 119 Å². The molecule has 9 rings (SSSR count). The first-order valence-electron chi connectivity index (χ1n) is 18.6. The first kappa shape index (κ1) is 45.2. The van der Waals surface area contributed by atoms with Crippen LogP contribution in [-0.4, -0.2) is 71.8 Å². The Kier molecular flexibility index (Phi) is 11.5. The summed E-state index contributed by atoms with van der Waals surface area (Å²) in [6.45, 7) is 0. The van der Waals surface area contributed by atoms with Crippen molar-refractivity contribution < 1.29 is 68.7 Å². The molecule has 2 aliphatic rings. The number of fused-ring (bicyclic) bond motifs is 8. The molecule has 0 saturated heterocycles. The van der Waals surface area contributed by atoms with Crippen LogP contribution in [0.15, 0.2) is 141 Å². The number of rotatable bonds is 8. The number of H-pyrrole nitrogens is 2. The summed E-state index contributed by atoms with van der Waals surface area (Å²) >= 11 is 0. The zero-order valence-electron chi connectivity index (χ0n) is 32.6. The van der Waals surface area contributed by atoms with E-state index in [-0.39, 0.29) is 16.8 Å². The van der Waals surface area contributed by atoms with Crippen molar-refractivity contribution in [2.75, 3.05) is 0 Å². The zero-order chi connectivity index (χ0) is 45.3. The third-order valence-corrected chi connectivity index (χ3v) is 13.9. The normalized spacial score (nSPS) is 12.9. The Bertz CT molecular complexity index is 3300. The minimum absolute atomic E-state index is 0. The van der Waals surface area contributed by atoms with E-state index >= 15 is 0 Å². The van der Waals surface area contributed by atoms with Crippen LogP contribution < -0.4 is 0 Å². The molecule has 0 aliphatic carbocycles. The van der Waals surface area contributed by atoms with Crippen LogP contribution >= 0.6 is 0 Å². The number of hydrogen-bond donors (Lipinski definition) is 2. The van der Waals surface area contributed by atoms with Crippen molar-refractivity contribution in [3.8, 4) is 44.5 Å². The molecule has 0 atom stereocenters. The molecular weight excluding hydrogens is 964 g/mol. The SMILES string of the molecule is O=S(=O)([O-])c1ccc(-c2c3nc(c(-c4ccc(S(=O)(=O)[O-])cc4)c4ccc([nH]4)c(-c4ccc(S(=O)(=O)[O-])cc4)c4nc(c(-c5ccc(S(=O)(=O)[O-])cc5)c5ccc2[nH]5)C=C4)C=C3)cc1.[Co+4]. The first-order valence-corrected chi connectivity index (χ1v) is 24.3. The van der Waals surface area contributed by atoms with Gasteiger partial charge in [0.25, 0.3) is 0 Å². The summed E-state index contributed by atoms with van der Waals surface area (Å²) in [6, 6.07) is 27.8. The Hall–Kier alpha value is -6.37. The molecule has 0 unspecified atom stereocenters. The number of aromatic nitrogens is 4. The van der Waals surface area contributed by atoms with Gasteiger partial charge in [0, 0.05) is 44.3 Å². The smallest absolute Gasteiger partial charge is 0.744 e. The van der Waals surface area contributed by atoms with E-state index in [1.807, 2.05) is 0 Å². The van der Waals surface area contributed by atoms with Crippen LogP contribution in [0.1, 0.15) is 22.8 Å². The van der Waals surface area contributed by atoms with Crippen molar-refractivity contribution in [3.63, 3.8) is 0 Å². The Balaban J connectivity index is 0.00000576. The van der Waals surface area contributed by atoms with Crippen molar-refractivity contribution in [3.05, 3.63) is 144 Å². The van der Waals surface area contributed by atoms with Crippen molar-refractivity contribution >= 4 is 86.8 Å². The molecule has 0 amide bonds. The van der Waals surface area contributed by atoms with Crippen LogP contribution in [0, 0.1) is 0 Å². The van der Waals surface area contributed by atoms with E-state index in [0.29, 0.717) is 89.4 Å². The molecule has 21 heteroatoms. The topological polar surface area (TPSA) is 286 Å². The van der Waals surface area contributed by atoms with Crippen LogP contribution in [0.5, 0.6) is 0 Å². The molecule has 0 saturated carbocycles. The van der Waals surface area contributed by atoms with Crippen molar-refractivity contribution in [2.45, 2.75) is 19.6 Å². The first-order chi connectivity index (χ1) is 30.2. The fourth-order valence-corrected chi connectivity index (χ4v) is 9.45. The molecule has 16 nitrogen and oxygen atoms in total. The number of nitrogens with zero attached hydrogens (tertiary/aromatic N) is 2. The zero-order valence-corrected chi connectivity index (χ0v) is 36.9. The van der Waals surface area contributed by atoms with Gasteiger partial charge in [-0.2, -0.15) is 0 Å². The van der Waals surface area contributed by atoms with Crippen molar-refractivity contribution in [1.82, 2.24) is 19.9 Å². The van der Waals surface area contributed by atoms with Gasteiger partial charge in [0.2, 0.25) is 0 Å². The molecule has 2 aliphatic heterocycles. The molecule has 1 radical (unpaired) electrons. The molecule has 327 valence electrons. The predicted octanol–water partition coefficient (Wildman–Crippen LogP) is 6.94. The van der Waals surface area contributed by atoms with Crippen molar-refractivity contribution in [1.29, 1.82) is 0 Å². The maximum Gasteiger partial charge on any atom is 4.00 e. The summed E-state index contributed by atoms with van der Waals surface area (Å²) in [6.07, 6.45) is 6.79. The molecule has 2 N–H and O–H groups in total. The van der Waals surface area contributed by atoms with Crippen LogP contribution in [-0.2, 0) is 57.3 Å². The van der Waals surface area contributed by atoms with Gasteiger partial charge in [-0.1, -0.05) is 48.5 Å². The van der Waals surface area contributed by atoms with E-state index in [1.165, 1.54) is 97.1 Å². The van der Waals surface area contributed by atoms with E-state index in [0.717, 1.165) is 0 Å². The summed E-state index contributed by atoms with van der Waals surface area (Å²) in [5.74, 6) is 0. The second-order valence-corrected chi connectivity index (χ2v) is 19.9. The maximum atomic E-state index is 11.9. The van der Waals surface area contributed by atoms with Crippen LogP contribution in [0.4, 0.5) is 0 Å². The third-order valence-electron chi connectivity index (χ3n) is 10.5. The monoisotopic (exact) mass is 989 g/mol. The van der Waals surface area contributed by atoms with Gasteiger partial charge in [0.05, 0.1) is 42.4 Å². The van der Waals surface area contributed by atoms with E-state index in [4.69, 9.17) is 9.97 Å². The largest absolute Gasteiger partial charge is 4.00 e. The van der Waals surface area contributed by atoms with E-state index in [9.17, 15) is 51.9 Å². The Labute approximate surface area is 381 Å². The Morgan fingerprint density at radius 1 is 0.308 bits per heavy atom. The average Bonchev–Trinajstić information content (AvgIpc) is 4.08. The second kappa shape index (κ2) is 16.6. The molecule has 5 heterocycles. The predicted molar refractivity (Wildman–Crippen MR) is 232 cm³/mol. The minimum Gasteiger partial charge on any atom is -0.744 e. The summed E-state index contributed by atoms with van der Waals surface area (Å²) < 4.78 is 143. The molecule has 0 spiro atoms. The van der Waals surface area contributed by atoms with E-state index < -0.39 is 60.1 Å². The van der Waals surface area contributed by atoms with E-state index in [1.54, 1.807) is 48.6 Å². The molecular formula is C44H26CoN4O12S4. The number of hydrogen-bond acceptors (Lipinski definition) is 14. The van der Waals surface area contributed by atoms with Gasteiger partial charge in [-0.25, -0.2) is 43.6 Å². The summed E-state index contributed by atoms with van der Waals surface area (Å²) in [5.41, 5.74) is 6.76.